The number of ether oxygens (including phenoxy) is 2. The molecule has 2 aromatic rings. The van der Waals surface area contributed by atoms with Gasteiger partial charge in [0, 0.05) is 19.4 Å². The Kier molecular flexibility index (Phi) is 3.63. The van der Waals surface area contributed by atoms with Crippen molar-refractivity contribution in [1.82, 2.24) is 0 Å². The van der Waals surface area contributed by atoms with E-state index in [2.05, 4.69) is 0 Å². The lowest BCUT2D eigenvalue weighted by Gasteiger charge is -2.33. The first-order valence-corrected chi connectivity index (χ1v) is 7.52. The lowest BCUT2D eigenvalue weighted by atomic mass is 9.79. The molecule has 0 amide bonds. The van der Waals surface area contributed by atoms with E-state index in [1.54, 1.807) is 19.1 Å². The van der Waals surface area contributed by atoms with Gasteiger partial charge < -0.3 is 19.7 Å². The van der Waals surface area contributed by atoms with Gasteiger partial charge in [-0.25, -0.2) is 0 Å². The van der Waals surface area contributed by atoms with Crippen molar-refractivity contribution in [1.29, 1.82) is 0 Å². The second kappa shape index (κ2) is 5.40. The van der Waals surface area contributed by atoms with Crippen LogP contribution in [-0.2, 0) is 16.0 Å². The van der Waals surface area contributed by atoms with Crippen LogP contribution in [0.5, 0.6) is 17.2 Å². The third-order valence-corrected chi connectivity index (χ3v) is 4.25. The van der Waals surface area contributed by atoms with E-state index in [-0.39, 0.29) is 34.7 Å². The van der Waals surface area contributed by atoms with Crippen LogP contribution in [0.25, 0.3) is 10.8 Å². The van der Waals surface area contributed by atoms with Crippen LogP contribution in [0.1, 0.15) is 36.2 Å². The highest BCUT2D eigenvalue weighted by Crippen LogP contribution is 2.44. The van der Waals surface area contributed by atoms with E-state index < -0.39 is 11.6 Å². The maximum atomic E-state index is 12.5. The Morgan fingerprint density at radius 2 is 1.92 bits per heavy atom. The molecule has 0 bridgehead atoms. The molecule has 0 unspecified atom stereocenters. The van der Waals surface area contributed by atoms with Crippen molar-refractivity contribution >= 4 is 22.5 Å². The molecular weight excluding hydrogens is 312 g/mol. The largest absolute Gasteiger partial charge is 0.507 e. The molecule has 126 valence electrons. The number of phenols is 2. The van der Waals surface area contributed by atoms with Crippen LogP contribution in [0.15, 0.2) is 18.2 Å². The van der Waals surface area contributed by atoms with Crippen molar-refractivity contribution in [2.45, 2.75) is 32.3 Å². The van der Waals surface area contributed by atoms with Crippen LogP contribution < -0.4 is 4.74 Å². The number of hydrogen-bond donors (Lipinski definition) is 2. The molecule has 6 heteroatoms. The summed E-state index contributed by atoms with van der Waals surface area (Å²) in [5.41, 5.74) is -0.197. The maximum absolute atomic E-state index is 12.5. The molecule has 2 aromatic carbocycles. The number of esters is 1. The van der Waals surface area contributed by atoms with Crippen molar-refractivity contribution in [2.75, 3.05) is 7.11 Å². The molecule has 0 aromatic heterocycles. The van der Waals surface area contributed by atoms with Gasteiger partial charge >= 0.3 is 5.97 Å². The van der Waals surface area contributed by atoms with Gasteiger partial charge in [-0.3, -0.25) is 9.59 Å². The fourth-order valence-electron chi connectivity index (χ4n) is 3.41. The van der Waals surface area contributed by atoms with E-state index in [4.69, 9.17) is 9.47 Å². The van der Waals surface area contributed by atoms with Crippen LogP contribution in [0.3, 0.4) is 0 Å². The van der Waals surface area contributed by atoms with Gasteiger partial charge in [0.1, 0.15) is 22.8 Å². The summed E-state index contributed by atoms with van der Waals surface area (Å²) in [5.74, 6) is -0.764. The number of Topliss-reactive ketones (excluding diaryl/α,β-unsaturated/α-hetero) is 1. The van der Waals surface area contributed by atoms with Crippen molar-refractivity contribution in [3.8, 4) is 17.2 Å². The number of carbonyl (C=O) groups excluding carboxylic acids is 2. The Bertz CT molecular complexity index is 870. The summed E-state index contributed by atoms with van der Waals surface area (Å²) in [6, 6.07) is 4.76. The van der Waals surface area contributed by atoms with E-state index >= 15 is 0 Å². The topological polar surface area (TPSA) is 93.1 Å². The molecule has 2 N–H and O–H groups in total. The van der Waals surface area contributed by atoms with E-state index in [9.17, 15) is 19.8 Å². The van der Waals surface area contributed by atoms with Gasteiger partial charge in [-0.1, -0.05) is 0 Å². The molecule has 0 aliphatic heterocycles. The van der Waals surface area contributed by atoms with Gasteiger partial charge in [0.15, 0.2) is 5.78 Å². The third kappa shape index (κ3) is 2.54. The van der Waals surface area contributed by atoms with Crippen molar-refractivity contribution in [3.63, 3.8) is 0 Å². The average Bonchev–Trinajstić information content (AvgIpc) is 2.43. The molecule has 6 nitrogen and oxygen atoms in total. The zero-order chi connectivity index (χ0) is 17.6. The molecule has 1 aliphatic rings. The molecule has 0 fully saturated rings. The van der Waals surface area contributed by atoms with E-state index in [0.717, 1.165) is 0 Å². The first-order chi connectivity index (χ1) is 11.2. The zero-order valence-electron chi connectivity index (χ0n) is 13.7. The number of rotatable bonds is 2. The summed E-state index contributed by atoms with van der Waals surface area (Å²) in [5, 5.41) is 21.4. The lowest BCUT2D eigenvalue weighted by Crippen LogP contribution is -2.40. The minimum absolute atomic E-state index is 0.0183. The molecule has 0 saturated carbocycles. The number of carbonyl (C=O) groups is 2. The van der Waals surface area contributed by atoms with Gasteiger partial charge in [-0.05, 0) is 30.0 Å². The molecule has 0 saturated heterocycles. The molecule has 1 atom stereocenters. The van der Waals surface area contributed by atoms with Crippen molar-refractivity contribution in [2.24, 2.45) is 0 Å². The van der Waals surface area contributed by atoms with Gasteiger partial charge in [0.25, 0.3) is 0 Å². The van der Waals surface area contributed by atoms with E-state index in [1.807, 2.05) is 0 Å². The second-order valence-electron chi connectivity index (χ2n) is 6.32. The predicted molar refractivity (Wildman–Crippen MR) is 86.7 cm³/mol. The molecule has 0 heterocycles. The van der Waals surface area contributed by atoms with Crippen LogP contribution >= 0.6 is 0 Å². The second-order valence-corrected chi connectivity index (χ2v) is 6.32. The zero-order valence-corrected chi connectivity index (χ0v) is 13.7. The molecule has 1 aliphatic carbocycles. The number of hydrogen-bond acceptors (Lipinski definition) is 6. The van der Waals surface area contributed by atoms with E-state index in [0.29, 0.717) is 23.1 Å². The summed E-state index contributed by atoms with van der Waals surface area (Å²) in [7, 11) is 1.47. The van der Waals surface area contributed by atoms with Crippen LogP contribution in [0.4, 0.5) is 0 Å². The average molecular weight is 330 g/mol. The van der Waals surface area contributed by atoms with Gasteiger partial charge in [0.05, 0.1) is 24.5 Å². The minimum Gasteiger partial charge on any atom is -0.507 e. The minimum atomic E-state index is -0.947. The van der Waals surface area contributed by atoms with Gasteiger partial charge in [0.2, 0.25) is 0 Å². The van der Waals surface area contributed by atoms with Crippen LogP contribution in [0.2, 0.25) is 0 Å². The first-order valence-electron chi connectivity index (χ1n) is 7.52. The highest BCUT2D eigenvalue weighted by atomic mass is 16.6. The smallest absolute Gasteiger partial charge is 0.303 e. The molecular formula is C18H18O6. The van der Waals surface area contributed by atoms with E-state index in [1.165, 1.54) is 20.1 Å². The number of ketones is 1. The summed E-state index contributed by atoms with van der Waals surface area (Å²) >= 11 is 0. The van der Waals surface area contributed by atoms with Crippen LogP contribution in [-0.4, -0.2) is 34.7 Å². The third-order valence-electron chi connectivity index (χ3n) is 4.25. The molecule has 0 radical (unpaired) electrons. The maximum Gasteiger partial charge on any atom is 0.303 e. The quantitative estimate of drug-likeness (QED) is 0.823. The Hall–Kier alpha value is -2.76. The predicted octanol–water partition coefficient (Wildman–Crippen LogP) is 2.71. The van der Waals surface area contributed by atoms with Gasteiger partial charge in [-0.2, -0.15) is 0 Å². The number of benzene rings is 2. The summed E-state index contributed by atoms with van der Waals surface area (Å²) in [6.45, 7) is 2.99. The lowest BCUT2D eigenvalue weighted by molar-refractivity contribution is -0.155. The Balaban J connectivity index is 2.22. The molecule has 24 heavy (non-hydrogen) atoms. The molecule has 3 rings (SSSR count). The number of methoxy groups -OCH3 is 1. The van der Waals surface area contributed by atoms with Crippen molar-refractivity contribution in [3.05, 3.63) is 29.3 Å². The highest BCUT2D eigenvalue weighted by Gasteiger charge is 2.39. The fourth-order valence-corrected chi connectivity index (χ4v) is 3.41. The first kappa shape index (κ1) is 16.1. The summed E-state index contributed by atoms with van der Waals surface area (Å²) in [6.07, 6.45) is 0.282. The van der Waals surface area contributed by atoms with Crippen molar-refractivity contribution < 1.29 is 29.3 Å². The number of aromatic hydroxyl groups is 2. The fraction of sp³-hybridized carbons (Fsp3) is 0.333. The number of phenolic OH excluding ortho intramolecular Hbond substituents is 2. The Morgan fingerprint density at radius 3 is 2.54 bits per heavy atom. The summed E-state index contributed by atoms with van der Waals surface area (Å²) < 4.78 is 10.4. The SMILES string of the molecule is COc1cc(O)c2c(O)c3c(cc2c1)C[C@@](C)(OC(C)=O)CC3=O. The highest BCUT2D eigenvalue weighted by molar-refractivity contribution is 6.09. The summed E-state index contributed by atoms with van der Waals surface area (Å²) in [4.78, 5) is 23.8. The Morgan fingerprint density at radius 1 is 1.21 bits per heavy atom. The standard InChI is InChI=1S/C18H18O6/c1-9(19)24-18(2)7-11-4-10-5-12(23-3)6-13(20)15(10)17(22)16(11)14(21)8-18/h4-6,20,22H,7-8H2,1-3H3/t18-/m1/s1. The Labute approximate surface area is 138 Å². The normalized spacial score (nSPS) is 19.9. The number of fused-ring (bicyclic) bond motifs is 2. The monoisotopic (exact) mass is 330 g/mol. The van der Waals surface area contributed by atoms with Gasteiger partial charge in [-0.15, -0.1) is 0 Å². The molecule has 0 spiro atoms. The van der Waals surface area contributed by atoms with Crippen LogP contribution in [0, 0.1) is 0 Å².